The third-order valence-corrected chi connectivity index (χ3v) is 4.70. The van der Waals surface area contributed by atoms with Gasteiger partial charge in [-0.3, -0.25) is 0 Å². The van der Waals surface area contributed by atoms with Gasteiger partial charge >= 0.3 is 0 Å². The van der Waals surface area contributed by atoms with Crippen LogP contribution in [0.15, 0.2) is 0 Å². The molecule has 0 atom stereocenters. The fourth-order valence-electron chi connectivity index (χ4n) is 4.04. The van der Waals surface area contributed by atoms with E-state index in [1.165, 1.54) is 32.1 Å². The third kappa shape index (κ3) is 1.24. The molecule has 1 heterocycles. The van der Waals surface area contributed by atoms with Crippen molar-refractivity contribution in [2.75, 3.05) is 19.8 Å². The van der Waals surface area contributed by atoms with Crippen molar-refractivity contribution in [3.8, 4) is 0 Å². The van der Waals surface area contributed by atoms with E-state index in [1.54, 1.807) is 0 Å². The van der Waals surface area contributed by atoms with Crippen molar-refractivity contribution < 1.29 is 4.74 Å². The van der Waals surface area contributed by atoms with Crippen LogP contribution in [0.5, 0.6) is 0 Å². The first-order chi connectivity index (χ1) is 6.29. The monoisotopic (exact) mass is 217 g/mol. The van der Waals surface area contributed by atoms with E-state index in [9.17, 15) is 0 Å². The highest BCUT2D eigenvalue weighted by Gasteiger charge is 2.68. The van der Waals surface area contributed by atoms with Gasteiger partial charge in [-0.2, -0.15) is 0 Å². The van der Waals surface area contributed by atoms with Crippen molar-refractivity contribution in [3.63, 3.8) is 0 Å². The summed E-state index contributed by atoms with van der Waals surface area (Å²) in [5.74, 6) is 0.967. The maximum absolute atomic E-state index is 5.77. The molecule has 0 aromatic carbocycles. The lowest BCUT2D eigenvalue weighted by molar-refractivity contribution is -0.240. The fourth-order valence-corrected chi connectivity index (χ4v) is 4.04. The van der Waals surface area contributed by atoms with Crippen LogP contribution in [0.1, 0.15) is 32.1 Å². The lowest BCUT2D eigenvalue weighted by Crippen LogP contribution is -2.67. The van der Waals surface area contributed by atoms with E-state index < -0.39 is 0 Å². The van der Waals surface area contributed by atoms with Crippen LogP contribution in [-0.2, 0) is 4.74 Å². The Bertz CT molecular complexity index is 206. The molecule has 3 aliphatic carbocycles. The third-order valence-electron chi connectivity index (χ3n) is 4.70. The van der Waals surface area contributed by atoms with Gasteiger partial charge in [-0.05, 0) is 55.4 Å². The summed E-state index contributed by atoms with van der Waals surface area (Å²) in [5, 5.41) is 0. The van der Waals surface area contributed by atoms with Crippen LogP contribution in [-0.4, -0.2) is 19.8 Å². The van der Waals surface area contributed by atoms with Gasteiger partial charge in [0.05, 0.1) is 0 Å². The summed E-state index contributed by atoms with van der Waals surface area (Å²) in [6.07, 6.45) is 6.91. The lowest BCUT2D eigenvalue weighted by Gasteiger charge is -2.74. The standard InChI is InChI=1S/C11H19NO.ClH/c12-8-10-5-11(6-10,7-10)9-1-3-13-4-2-9;/h9H,1-8,12H2;1H. The van der Waals surface area contributed by atoms with Crippen LogP contribution in [0.2, 0.25) is 0 Å². The Morgan fingerprint density at radius 3 is 2.21 bits per heavy atom. The van der Waals surface area contributed by atoms with Crippen LogP contribution < -0.4 is 5.73 Å². The summed E-state index contributed by atoms with van der Waals surface area (Å²) in [4.78, 5) is 0. The van der Waals surface area contributed by atoms with Crippen LogP contribution in [0.4, 0.5) is 0 Å². The highest BCUT2D eigenvalue weighted by Crippen LogP contribution is 2.76. The van der Waals surface area contributed by atoms with Crippen LogP contribution in [0.25, 0.3) is 0 Å². The molecule has 2 bridgehead atoms. The maximum Gasteiger partial charge on any atom is 0.0468 e. The number of hydrogen-bond acceptors (Lipinski definition) is 2. The molecule has 2 nitrogen and oxygen atoms in total. The summed E-state index contributed by atoms with van der Waals surface area (Å²) in [5.41, 5.74) is 7.12. The van der Waals surface area contributed by atoms with Gasteiger partial charge in [0, 0.05) is 13.2 Å². The Morgan fingerprint density at radius 2 is 1.71 bits per heavy atom. The van der Waals surface area contributed by atoms with Crippen molar-refractivity contribution in [1.29, 1.82) is 0 Å². The molecule has 82 valence electrons. The molecule has 0 aromatic rings. The highest BCUT2D eigenvalue weighted by atomic mass is 35.5. The average Bonchev–Trinajstić information content (AvgIpc) is 2.02. The predicted octanol–water partition coefficient (Wildman–Crippen LogP) is 1.96. The number of hydrogen-bond donors (Lipinski definition) is 1. The molecule has 4 rings (SSSR count). The second kappa shape index (κ2) is 3.36. The molecule has 0 spiro atoms. The average molecular weight is 218 g/mol. The van der Waals surface area contributed by atoms with Gasteiger partial charge in [0.25, 0.3) is 0 Å². The molecule has 4 aliphatic rings. The summed E-state index contributed by atoms with van der Waals surface area (Å²) >= 11 is 0. The van der Waals surface area contributed by atoms with Gasteiger partial charge in [-0.1, -0.05) is 0 Å². The summed E-state index contributed by atoms with van der Waals surface area (Å²) in [6, 6.07) is 0. The molecule has 0 unspecified atom stereocenters. The predicted molar refractivity (Wildman–Crippen MR) is 58.6 cm³/mol. The molecular formula is C11H20ClNO. The lowest BCUT2D eigenvalue weighted by atomic mass is 9.31. The number of halogens is 1. The van der Waals surface area contributed by atoms with Gasteiger partial charge in [0.2, 0.25) is 0 Å². The molecule has 0 aromatic heterocycles. The zero-order chi connectivity index (χ0) is 8.94. The quantitative estimate of drug-likeness (QED) is 0.768. The van der Waals surface area contributed by atoms with Gasteiger partial charge < -0.3 is 10.5 Å². The summed E-state index contributed by atoms with van der Waals surface area (Å²) in [7, 11) is 0. The zero-order valence-corrected chi connectivity index (χ0v) is 9.44. The largest absolute Gasteiger partial charge is 0.381 e. The zero-order valence-electron chi connectivity index (χ0n) is 8.63. The van der Waals surface area contributed by atoms with Gasteiger partial charge in [0.1, 0.15) is 0 Å². The summed E-state index contributed by atoms with van der Waals surface area (Å²) in [6.45, 7) is 2.93. The maximum atomic E-state index is 5.77. The van der Waals surface area contributed by atoms with Crippen molar-refractivity contribution in [2.24, 2.45) is 22.5 Å². The van der Waals surface area contributed by atoms with E-state index in [2.05, 4.69) is 0 Å². The van der Waals surface area contributed by atoms with Crippen LogP contribution in [0.3, 0.4) is 0 Å². The Morgan fingerprint density at radius 1 is 1.14 bits per heavy atom. The van der Waals surface area contributed by atoms with Crippen molar-refractivity contribution >= 4 is 12.4 Å². The molecule has 1 aliphatic heterocycles. The molecule has 3 saturated carbocycles. The molecule has 0 radical (unpaired) electrons. The number of nitrogens with two attached hydrogens (primary N) is 1. The first kappa shape index (κ1) is 10.7. The highest BCUT2D eigenvalue weighted by molar-refractivity contribution is 5.85. The van der Waals surface area contributed by atoms with Crippen molar-refractivity contribution in [2.45, 2.75) is 32.1 Å². The fraction of sp³-hybridized carbons (Fsp3) is 1.00. The molecule has 1 saturated heterocycles. The minimum Gasteiger partial charge on any atom is -0.381 e. The van der Waals surface area contributed by atoms with E-state index in [-0.39, 0.29) is 12.4 Å². The first-order valence-electron chi connectivity index (χ1n) is 5.57. The summed E-state index contributed by atoms with van der Waals surface area (Å²) < 4.78 is 5.41. The van der Waals surface area contributed by atoms with Gasteiger partial charge in [-0.25, -0.2) is 0 Å². The normalized spacial score (nSPS) is 46.1. The van der Waals surface area contributed by atoms with Crippen LogP contribution >= 0.6 is 12.4 Å². The molecule has 4 fully saturated rings. The SMILES string of the molecule is Cl.NCC12CC(C3CCOCC3)(C1)C2. The van der Waals surface area contributed by atoms with Gasteiger partial charge in [-0.15, -0.1) is 12.4 Å². The molecule has 3 heteroatoms. The van der Waals surface area contributed by atoms with Crippen molar-refractivity contribution in [3.05, 3.63) is 0 Å². The Labute approximate surface area is 92.0 Å². The molecule has 0 amide bonds. The van der Waals surface area contributed by atoms with E-state index in [1.807, 2.05) is 0 Å². The van der Waals surface area contributed by atoms with E-state index in [0.717, 1.165) is 31.1 Å². The first-order valence-corrected chi connectivity index (χ1v) is 5.57. The molecular weight excluding hydrogens is 198 g/mol. The minimum absolute atomic E-state index is 0. The molecule has 2 N–H and O–H groups in total. The Hall–Kier alpha value is 0.210. The number of ether oxygens (including phenoxy) is 1. The molecule has 14 heavy (non-hydrogen) atoms. The minimum atomic E-state index is 0. The number of rotatable bonds is 2. The van der Waals surface area contributed by atoms with E-state index in [0.29, 0.717) is 5.41 Å². The van der Waals surface area contributed by atoms with Crippen LogP contribution in [0, 0.1) is 16.7 Å². The second-order valence-corrected chi connectivity index (χ2v) is 5.48. The Kier molecular flexibility index (Phi) is 2.57. The smallest absolute Gasteiger partial charge is 0.0468 e. The van der Waals surface area contributed by atoms with E-state index >= 15 is 0 Å². The van der Waals surface area contributed by atoms with E-state index in [4.69, 9.17) is 10.5 Å². The topological polar surface area (TPSA) is 35.2 Å². The second-order valence-electron chi connectivity index (χ2n) is 5.48. The Balaban J connectivity index is 0.000000750. The van der Waals surface area contributed by atoms with Crippen molar-refractivity contribution in [1.82, 2.24) is 0 Å². The van der Waals surface area contributed by atoms with Gasteiger partial charge in [0.15, 0.2) is 0 Å².